The lowest BCUT2D eigenvalue weighted by molar-refractivity contribution is 1.14. The molecule has 0 spiro atoms. The predicted octanol–water partition coefficient (Wildman–Crippen LogP) is 18.2. The smallest absolute Gasteiger partial charge is 0.0541 e. The highest BCUT2D eigenvalue weighted by molar-refractivity contribution is 6.27. The molecule has 12 aromatic carbocycles. The zero-order valence-corrected chi connectivity index (χ0v) is 37.2. The number of benzene rings is 12. The van der Waals surface area contributed by atoms with Crippen LogP contribution in [0.4, 0.5) is 0 Å². The third kappa shape index (κ3) is 6.62. The summed E-state index contributed by atoms with van der Waals surface area (Å²) in [5.74, 6) is 0. The minimum Gasteiger partial charge on any atom is -0.309 e. The molecule has 13 aromatic rings. The minimum atomic E-state index is 1.04. The van der Waals surface area contributed by atoms with E-state index in [0.29, 0.717) is 0 Å². The third-order valence-corrected chi connectivity index (χ3v) is 14.2. The molecule has 1 heterocycles. The van der Waals surface area contributed by atoms with Gasteiger partial charge in [-0.15, -0.1) is 0 Å². The number of fused-ring (bicyclic) bond motifs is 3. The summed E-state index contributed by atoms with van der Waals surface area (Å²) in [7, 11) is 0. The molecule has 0 saturated carbocycles. The average Bonchev–Trinajstić information content (AvgIpc) is 3.73. The van der Waals surface area contributed by atoms with Crippen LogP contribution in [0.25, 0.3) is 127 Å². The van der Waals surface area contributed by atoms with Crippen molar-refractivity contribution in [3.63, 3.8) is 0 Å². The highest BCUT2D eigenvalue weighted by atomic mass is 15.0. The maximum atomic E-state index is 2.44. The van der Waals surface area contributed by atoms with Gasteiger partial charge < -0.3 is 4.57 Å². The molecule has 0 aliphatic carbocycles. The summed E-state index contributed by atoms with van der Waals surface area (Å²) in [6.07, 6.45) is 1.04. The maximum absolute atomic E-state index is 2.44. The van der Waals surface area contributed by atoms with Crippen LogP contribution >= 0.6 is 0 Å². The summed E-state index contributed by atoms with van der Waals surface area (Å²) >= 11 is 0. The Hall–Kier alpha value is -8.52. The molecule has 314 valence electrons. The predicted molar refractivity (Wildman–Crippen MR) is 286 cm³/mol. The molecule has 0 bridgehead atoms. The molecule has 0 unspecified atom stereocenters. The molecule has 0 fully saturated rings. The standard InChI is InChI=1S/C66H45N/c1-2-43-13-15-50(16-14-43)57-35-27-52-30-38-60-58(36-28-53-29-37-59(57)65(52)66(53)60)51-25-33-56(34-26-51)67-63-39-31-54(48-21-17-46(18-22-48)44-9-5-3-6-10-44)41-61(63)62-42-55(32-40-64(62)67)49-23-19-47(20-24-49)45-11-7-4-8-12-45/h3-42H,2H2,1H3. The number of rotatable bonds is 8. The molecule has 1 heteroatoms. The number of nitrogens with zero attached hydrogens (tertiary/aromatic N) is 1. The summed E-state index contributed by atoms with van der Waals surface area (Å²) in [6.45, 7) is 2.21. The van der Waals surface area contributed by atoms with Gasteiger partial charge in [-0.3, -0.25) is 0 Å². The van der Waals surface area contributed by atoms with Crippen LogP contribution in [0.3, 0.4) is 0 Å². The second kappa shape index (κ2) is 15.9. The van der Waals surface area contributed by atoms with Crippen molar-refractivity contribution in [2.75, 3.05) is 0 Å². The van der Waals surface area contributed by atoms with Crippen LogP contribution in [0, 0.1) is 0 Å². The molecule has 1 nitrogen and oxygen atoms in total. The third-order valence-electron chi connectivity index (χ3n) is 14.2. The Bertz CT molecular complexity index is 3790. The molecule has 0 aliphatic heterocycles. The van der Waals surface area contributed by atoms with Crippen LogP contribution in [-0.2, 0) is 6.42 Å². The van der Waals surface area contributed by atoms with E-state index >= 15 is 0 Å². The molecule has 67 heavy (non-hydrogen) atoms. The molecule has 0 radical (unpaired) electrons. The number of hydrogen-bond acceptors (Lipinski definition) is 0. The van der Waals surface area contributed by atoms with Crippen LogP contribution in [-0.4, -0.2) is 4.57 Å². The number of aromatic nitrogens is 1. The van der Waals surface area contributed by atoms with E-state index in [0.717, 1.165) is 12.1 Å². The highest BCUT2D eigenvalue weighted by Gasteiger charge is 2.18. The lowest BCUT2D eigenvalue weighted by atomic mass is 9.87. The second-order valence-corrected chi connectivity index (χ2v) is 17.9. The summed E-state index contributed by atoms with van der Waals surface area (Å²) in [5.41, 5.74) is 19.6. The van der Waals surface area contributed by atoms with Crippen molar-refractivity contribution in [3.8, 4) is 72.4 Å². The van der Waals surface area contributed by atoms with E-state index in [1.807, 2.05) is 0 Å². The molecular weight excluding hydrogens is 807 g/mol. The van der Waals surface area contributed by atoms with E-state index in [4.69, 9.17) is 0 Å². The van der Waals surface area contributed by atoms with Gasteiger partial charge in [0.2, 0.25) is 0 Å². The van der Waals surface area contributed by atoms with Crippen LogP contribution in [0.15, 0.2) is 243 Å². The van der Waals surface area contributed by atoms with Crippen molar-refractivity contribution < 1.29 is 0 Å². The van der Waals surface area contributed by atoms with Crippen LogP contribution < -0.4 is 0 Å². The van der Waals surface area contributed by atoms with E-state index in [9.17, 15) is 0 Å². The molecule has 0 amide bonds. The Labute approximate surface area is 390 Å². The first kappa shape index (κ1) is 38.9. The summed E-state index contributed by atoms with van der Waals surface area (Å²) in [6, 6.07) is 89.9. The average molecular weight is 852 g/mol. The Morgan fingerprint density at radius 1 is 0.284 bits per heavy atom. The monoisotopic (exact) mass is 851 g/mol. The van der Waals surface area contributed by atoms with E-state index in [1.54, 1.807) is 0 Å². The molecule has 0 saturated heterocycles. The van der Waals surface area contributed by atoms with Gasteiger partial charge in [0.25, 0.3) is 0 Å². The van der Waals surface area contributed by atoms with Crippen molar-refractivity contribution in [2.45, 2.75) is 13.3 Å². The van der Waals surface area contributed by atoms with Crippen LogP contribution in [0.2, 0.25) is 0 Å². The normalized spacial score (nSPS) is 11.7. The van der Waals surface area contributed by atoms with Gasteiger partial charge in [0.1, 0.15) is 0 Å². The Balaban J connectivity index is 0.919. The van der Waals surface area contributed by atoms with Gasteiger partial charge in [0, 0.05) is 16.5 Å². The molecule has 0 N–H and O–H groups in total. The summed E-state index contributed by atoms with van der Waals surface area (Å²) < 4.78 is 2.44. The highest BCUT2D eigenvalue weighted by Crippen LogP contribution is 2.43. The van der Waals surface area contributed by atoms with Crippen LogP contribution in [0.5, 0.6) is 0 Å². The summed E-state index contributed by atoms with van der Waals surface area (Å²) in [5, 5.41) is 10.3. The van der Waals surface area contributed by atoms with E-state index < -0.39 is 0 Å². The van der Waals surface area contributed by atoms with Gasteiger partial charge in [0.15, 0.2) is 0 Å². The molecule has 0 atom stereocenters. The zero-order chi connectivity index (χ0) is 44.4. The first-order chi connectivity index (χ1) is 33.1. The fourth-order valence-electron chi connectivity index (χ4n) is 10.6. The number of hydrogen-bond donors (Lipinski definition) is 0. The fraction of sp³-hybridized carbons (Fsp3) is 0.0303. The SMILES string of the molecule is CCc1ccc(-c2ccc3ccc4c(-c5ccc(-n6c7ccc(-c8ccc(-c9ccccc9)cc8)cc7c7cc(-c8ccc(-c9ccccc9)cc8)ccc76)cc5)ccc5ccc2c3c54)cc1. The van der Waals surface area contributed by atoms with Gasteiger partial charge in [-0.05, 0) is 147 Å². The fourth-order valence-corrected chi connectivity index (χ4v) is 10.6. The van der Waals surface area contributed by atoms with Crippen molar-refractivity contribution in [1.82, 2.24) is 4.57 Å². The van der Waals surface area contributed by atoms with Gasteiger partial charge >= 0.3 is 0 Å². The molecular formula is C66H45N. The Morgan fingerprint density at radius 2 is 0.642 bits per heavy atom. The van der Waals surface area contributed by atoms with Crippen LogP contribution in [0.1, 0.15) is 12.5 Å². The number of aryl methyl sites for hydroxylation is 1. The minimum absolute atomic E-state index is 1.04. The van der Waals surface area contributed by atoms with Crippen molar-refractivity contribution in [3.05, 3.63) is 248 Å². The lowest BCUT2D eigenvalue weighted by Crippen LogP contribution is -1.94. The lowest BCUT2D eigenvalue weighted by Gasteiger charge is -2.17. The first-order valence-corrected chi connectivity index (χ1v) is 23.5. The second-order valence-electron chi connectivity index (χ2n) is 17.9. The molecule has 13 rings (SSSR count). The topological polar surface area (TPSA) is 4.93 Å². The molecule has 0 aliphatic rings. The van der Waals surface area contributed by atoms with E-state index in [-0.39, 0.29) is 0 Å². The zero-order valence-electron chi connectivity index (χ0n) is 37.2. The quantitative estimate of drug-likeness (QED) is 0.134. The van der Waals surface area contributed by atoms with Gasteiger partial charge in [0.05, 0.1) is 11.0 Å². The van der Waals surface area contributed by atoms with Crippen molar-refractivity contribution >= 4 is 54.1 Å². The van der Waals surface area contributed by atoms with E-state index in [1.165, 1.54) is 126 Å². The molecule has 1 aromatic heterocycles. The van der Waals surface area contributed by atoms with Crippen molar-refractivity contribution in [2.24, 2.45) is 0 Å². The van der Waals surface area contributed by atoms with Gasteiger partial charge in [-0.2, -0.15) is 0 Å². The van der Waals surface area contributed by atoms with Crippen molar-refractivity contribution in [1.29, 1.82) is 0 Å². The summed E-state index contributed by atoms with van der Waals surface area (Å²) in [4.78, 5) is 0. The van der Waals surface area contributed by atoms with E-state index in [2.05, 4.69) is 254 Å². The Morgan fingerprint density at radius 3 is 1.07 bits per heavy atom. The van der Waals surface area contributed by atoms with Gasteiger partial charge in [-0.25, -0.2) is 0 Å². The first-order valence-electron chi connectivity index (χ1n) is 23.5. The largest absolute Gasteiger partial charge is 0.309 e. The van der Waals surface area contributed by atoms with Gasteiger partial charge in [-0.1, -0.05) is 213 Å². The maximum Gasteiger partial charge on any atom is 0.0541 e. The Kier molecular flexibility index (Phi) is 9.21.